The summed E-state index contributed by atoms with van der Waals surface area (Å²) in [6.07, 6.45) is 0.516. The number of aliphatic hydroxyl groups is 1. The molecule has 15 heavy (non-hydrogen) atoms. The number of halogens is 1. The zero-order valence-electron chi connectivity index (χ0n) is 8.53. The normalized spacial score (nSPS) is 29.7. The number of ether oxygens (including phenoxy) is 1. The summed E-state index contributed by atoms with van der Waals surface area (Å²) in [4.78, 5) is 0. The van der Waals surface area contributed by atoms with Gasteiger partial charge in [0.25, 0.3) is 0 Å². The number of hydrogen-bond donors (Lipinski definition) is 2. The first-order valence-corrected chi connectivity index (χ1v) is 4.86. The van der Waals surface area contributed by atoms with E-state index in [2.05, 4.69) is 0 Å². The summed E-state index contributed by atoms with van der Waals surface area (Å²) in [5.41, 5.74) is 6.04. The van der Waals surface area contributed by atoms with Gasteiger partial charge < -0.3 is 15.6 Å². The highest BCUT2D eigenvalue weighted by molar-refractivity contribution is 5.41. The second-order valence-electron chi connectivity index (χ2n) is 4.06. The van der Waals surface area contributed by atoms with Crippen LogP contribution >= 0.6 is 0 Å². The lowest BCUT2D eigenvalue weighted by Gasteiger charge is -2.43. The molecule has 0 spiro atoms. The smallest absolute Gasteiger partial charge is 0.124 e. The SMILES string of the molecule is COc1ccc(F)cc1C1(N)CC(O)C1. The monoisotopic (exact) mass is 211 g/mol. The van der Waals surface area contributed by atoms with Crippen LogP contribution in [0.4, 0.5) is 4.39 Å². The average Bonchev–Trinajstić information content (AvgIpc) is 2.15. The van der Waals surface area contributed by atoms with E-state index in [0.29, 0.717) is 24.2 Å². The van der Waals surface area contributed by atoms with Gasteiger partial charge in [0.1, 0.15) is 11.6 Å². The van der Waals surface area contributed by atoms with E-state index in [1.165, 1.54) is 19.2 Å². The second-order valence-corrected chi connectivity index (χ2v) is 4.06. The van der Waals surface area contributed by atoms with Crippen molar-refractivity contribution in [1.29, 1.82) is 0 Å². The topological polar surface area (TPSA) is 55.5 Å². The van der Waals surface area contributed by atoms with E-state index in [4.69, 9.17) is 10.5 Å². The van der Waals surface area contributed by atoms with Crippen LogP contribution in [-0.2, 0) is 5.54 Å². The summed E-state index contributed by atoms with van der Waals surface area (Å²) in [7, 11) is 1.52. The highest BCUT2D eigenvalue weighted by atomic mass is 19.1. The molecule has 1 saturated carbocycles. The van der Waals surface area contributed by atoms with Gasteiger partial charge >= 0.3 is 0 Å². The van der Waals surface area contributed by atoms with Crippen molar-refractivity contribution in [2.75, 3.05) is 7.11 Å². The van der Waals surface area contributed by atoms with Crippen LogP contribution in [-0.4, -0.2) is 18.3 Å². The van der Waals surface area contributed by atoms with Gasteiger partial charge in [-0.05, 0) is 31.0 Å². The van der Waals surface area contributed by atoms with Crippen LogP contribution in [0.3, 0.4) is 0 Å². The molecule has 1 aromatic carbocycles. The van der Waals surface area contributed by atoms with Gasteiger partial charge in [0.05, 0.1) is 13.2 Å². The Bertz CT molecular complexity index is 375. The molecule has 0 saturated heterocycles. The Morgan fingerprint density at radius 2 is 2.20 bits per heavy atom. The van der Waals surface area contributed by atoms with Gasteiger partial charge in [-0.25, -0.2) is 4.39 Å². The standard InChI is InChI=1S/C11H14FNO2/c1-15-10-3-2-7(12)4-9(10)11(13)5-8(14)6-11/h2-4,8,14H,5-6,13H2,1H3. The molecule has 3 nitrogen and oxygen atoms in total. The highest BCUT2D eigenvalue weighted by Crippen LogP contribution is 2.43. The molecular formula is C11H14FNO2. The van der Waals surface area contributed by atoms with Crippen LogP contribution in [0.1, 0.15) is 18.4 Å². The number of benzene rings is 1. The third kappa shape index (κ3) is 1.70. The predicted molar refractivity (Wildman–Crippen MR) is 54.1 cm³/mol. The van der Waals surface area contributed by atoms with Crippen LogP contribution in [0.25, 0.3) is 0 Å². The van der Waals surface area contributed by atoms with Gasteiger partial charge in [-0.2, -0.15) is 0 Å². The molecule has 0 atom stereocenters. The number of nitrogens with two attached hydrogens (primary N) is 1. The third-order valence-corrected chi connectivity index (χ3v) is 2.90. The molecule has 1 aliphatic rings. The molecule has 1 fully saturated rings. The van der Waals surface area contributed by atoms with E-state index in [1.54, 1.807) is 6.07 Å². The molecule has 0 bridgehead atoms. The fraction of sp³-hybridized carbons (Fsp3) is 0.455. The number of methoxy groups -OCH3 is 1. The Morgan fingerprint density at radius 3 is 2.73 bits per heavy atom. The van der Waals surface area contributed by atoms with Crippen molar-refractivity contribution in [3.05, 3.63) is 29.6 Å². The Balaban J connectivity index is 2.38. The summed E-state index contributed by atoms with van der Waals surface area (Å²) in [5.74, 6) is 0.239. The molecule has 1 aromatic rings. The minimum Gasteiger partial charge on any atom is -0.496 e. The zero-order chi connectivity index (χ0) is 11.1. The minimum atomic E-state index is -0.646. The van der Waals surface area contributed by atoms with Crippen LogP contribution in [0.15, 0.2) is 18.2 Å². The summed E-state index contributed by atoms with van der Waals surface area (Å²) in [6.45, 7) is 0. The molecule has 2 rings (SSSR count). The van der Waals surface area contributed by atoms with Gasteiger partial charge in [0, 0.05) is 11.1 Å². The third-order valence-electron chi connectivity index (χ3n) is 2.90. The first-order valence-electron chi connectivity index (χ1n) is 4.86. The maximum atomic E-state index is 13.1. The molecular weight excluding hydrogens is 197 g/mol. The Kier molecular flexibility index (Phi) is 2.40. The summed E-state index contributed by atoms with van der Waals surface area (Å²) in [5, 5.41) is 9.26. The highest BCUT2D eigenvalue weighted by Gasteiger charge is 2.43. The molecule has 0 heterocycles. The number of hydrogen-bond acceptors (Lipinski definition) is 3. The lowest BCUT2D eigenvalue weighted by Crippen LogP contribution is -2.51. The van der Waals surface area contributed by atoms with Crippen LogP contribution in [0.2, 0.25) is 0 Å². The molecule has 0 aromatic heterocycles. The molecule has 1 aliphatic carbocycles. The van der Waals surface area contributed by atoms with Crippen molar-refractivity contribution >= 4 is 0 Å². The largest absolute Gasteiger partial charge is 0.496 e. The molecule has 0 radical (unpaired) electrons. The number of aliphatic hydroxyl groups excluding tert-OH is 1. The van der Waals surface area contributed by atoms with E-state index in [-0.39, 0.29) is 11.9 Å². The first-order chi connectivity index (χ1) is 7.05. The lowest BCUT2D eigenvalue weighted by atomic mass is 9.70. The summed E-state index contributed by atoms with van der Waals surface area (Å²) in [6, 6.07) is 4.27. The quantitative estimate of drug-likeness (QED) is 0.771. The lowest BCUT2D eigenvalue weighted by molar-refractivity contribution is 0.0197. The Morgan fingerprint density at radius 1 is 1.53 bits per heavy atom. The summed E-state index contributed by atoms with van der Waals surface area (Å²) < 4.78 is 18.2. The summed E-state index contributed by atoms with van der Waals surface area (Å²) >= 11 is 0. The second kappa shape index (κ2) is 3.47. The van der Waals surface area contributed by atoms with Crippen molar-refractivity contribution in [3.8, 4) is 5.75 Å². The van der Waals surface area contributed by atoms with E-state index in [0.717, 1.165) is 0 Å². The van der Waals surface area contributed by atoms with Crippen molar-refractivity contribution in [3.63, 3.8) is 0 Å². The van der Waals surface area contributed by atoms with Gasteiger partial charge in [-0.3, -0.25) is 0 Å². The molecule has 0 unspecified atom stereocenters. The molecule has 0 aliphatic heterocycles. The first kappa shape index (κ1) is 10.4. The van der Waals surface area contributed by atoms with E-state index in [1.807, 2.05) is 0 Å². The molecule has 4 heteroatoms. The van der Waals surface area contributed by atoms with E-state index in [9.17, 15) is 9.50 Å². The van der Waals surface area contributed by atoms with Crippen molar-refractivity contribution in [2.45, 2.75) is 24.5 Å². The van der Waals surface area contributed by atoms with Gasteiger partial charge in [-0.15, -0.1) is 0 Å². The van der Waals surface area contributed by atoms with Crippen LogP contribution in [0, 0.1) is 5.82 Å². The van der Waals surface area contributed by atoms with Gasteiger partial charge in [0.2, 0.25) is 0 Å². The molecule has 82 valence electrons. The van der Waals surface area contributed by atoms with Crippen molar-refractivity contribution in [1.82, 2.24) is 0 Å². The molecule has 3 N–H and O–H groups in total. The zero-order valence-corrected chi connectivity index (χ0v) is 8.53. The van der Waals surface area contributed by atoms with Crippen molar-refractivity contribution in [2.24, 2.45) is 5.73 Å². The van der Waals surface area contributed by atoms with Crippen molar-refractivity contribution < 1.29 is 14.2 Å². The average molecular weight is 211 g/mol. The maximum absolute atomic E-state index is 13.1. The minimum absolute atomic E-state index is 0.336. The van der Waals surface area contributed by atoms with E-state index < -0.39 is 5.54 Å². The van der Waals surface area contributed by atoms with Crippen LogP contribution < -0.4 is 10.5 Å². The fourth-order valence-electron chi connectivity index (χ4n) is 2.07. The maximum Gasteiger partial charge on any atom is 0.124 e. The Labute approximate surface area is 87.7 Å². The Hall–Kier alpha value is -1.13. The van der Waals surface area contributed by atoms with Crippen LogP contribution in [0.5, 0.6) is 5.75 Å². The van der Waals surface area contributed by atoms with E-state index >= 15 is 0 Å². The van der Waals surface area contributed by atoms with Gasteiger partial charge in [-0.1, -0.05) is 0 Å². The molecule has 0 amide bonds. The van der Waals surface area contributed by atoms with Gasteiger partial charge in [0.15, 0.2) is 0 Å². The number of rotatable bonds is 2. The fourth-order valence-corrected chi connectivity index (χ4v) is 2.07. The predicted octanol–water partition coefficient (Wildman–Crippen LogP) is 1.14.